The Morgan fingerprint density at radius 2 is 2.43 bits per heavy atom. The lowest BCUT2D eigenvalue weighted by molar-refractivity contribution is 0.907. The van der Waals surface area contributed by atoms with Gasteiger partial charge in [-0.1, -0.05) is 28.7 Å². The van der Waals surface area contributed by atoms with Crippen molar-refractivity contribution in [3.63, 3.8) is 0 Å². The Kier molecular flexibility index (Phi) is 4.87. The first-order valence-corrected chi connectivity index (χ1v) is 3.51. The molecule has 0 aromatic carbocycles. The molecule has 0 heterocycles. The van der Waals surface area contributed by atoms with Gasteiger partial charge in [-0.05, 0) is 6.42 Å². The summed E-state index contributed by atoms with van der Waals surface area (Å²) in [5, 5.41) is 0. The van der Waals surface area contributed by atoms with E-state index in [0.717, 1.165) is 13.0 Å². The SMILES string of the molecule is C=CC[C@@H](I)CN. The average Bonchev–Trinajstić information content (AvgIpc) is 1.68. The molecule has 0 aliphatic heterocycles. The summed E-state index contributed by atoms with van der Waals surface area (Å²) in [5.74, 6) is 0. The molecule has 0 fully saturated rings. The van der Waals surface area contributed by atoms with Gasteiger partial charge < -0.3 is 5.73 Å². The number of rotatable bonds is 3. The molecule has 0 aromatic heterocycles. The van der Waals surface area contributed by atoms with Crippen LogP contribution in [0.2, 0.25) is 0 Å². The van der Waals surface area contributed by atoms with Gasteiger partial charge in [0.05, 0.1) is 0 Å². The highest BCUT2D eigenvalue weighted by molar-refractivity contribution is 14.1. The first-order chi connectivity index (χ1) is 3.31. The molecule has 2 N–H and O–H groups in total. The summed E-state index contributed by atoms with van der Waals surface area (Å²) >= 11 is 2.31. The van der Waals surface area contributed by atoms with Crippen LogP contribution in [-0.4, -0.2) is 10.5 Å². The van der Waals surface area contributed by atoms with Crippen LogP contribution in [0.1, 0.15) is 6.42 Å². The van der Waals surface area contributed by atoms with E-state index in [4.69, 9.17) is 5.73 Å². The standard InChI is InChI=1S/C5H10IN/c1-2-3-5(6)4-7/h2,5H,1,3-4,7H2/t5-/m1/s1. The molecule has 0 spiro atoms. The number of hydrogen-bond donors (Lipinski definition) is 1. The van der Waals surface area contributed by atoms with Crippen LogP contribution < -0.4 is 5.73 Å². The minimum Gasteiger partial charge on any atom is -0.329 e. The lowest BCUT2D eigenvalue weighted by Crippen LogP contribution is -2.11. The monoisotopic (exact) mass is 211 g/mol. The van der Waals surface area contributed by atoms with Crippen molar-refractivity contribution < 1.29 is 0 Å². The van der Waals surface area contributed by atoms with Crippen molar-refractivity contribution in [3.05, 3.63) is 12.7 Å². The number of halogens is 1. The van der Waals surface area contributed by atoms with Crippen molar-refractivity contribution in [2.75, 3.05) is 6.54 Å². The molecule has 0 saturated carbocycles. The fourth-order valence-corrected chi connectivity index (χ4v) is 0.637. The van der Waals surface area contributed by atoms with Gasteiger partial charge in [0, 0.05) is 10.5 Å². The number of nitrogens with two attached hydrogens (primary N) is 1. The molecule has 1 nitrogen and oxygen atoms in total. The van der Waals surface area contributed by atoms with E-state index in [1.54, 1.807) is 0 Å². The average molecular weight is 211 g/mol. The lowest BCUT2D eigenvalue weighted by atomic mass is 10.3. The van der Waals surface area contributed by atoms with Crippen LogP contribution in [0.5, 0.6) is 0 Å². The van der Waals surface area contributed by atoms with E-state index in [2.05, 4.69) is 29.2 Å². The quantitative estimate of drug-likeness (QED) is 0.425. The van der Waals surface area contributed by atoms with Gasteiger partial charge in [-0.25, -0.2) is 0 Å². The van der Waals surface area contributed by atoms with Gasteiger partial charge in [0.25, 0.3) is 0 Å². The number of hydrogen-bond acceptors (Lipinski definition) is 1. The van der Waals surface area contributed by atoms with Gasteiger partial charge in [-0.2, -0.15) is 0 Å². The second kappa shape index (κ2) is 4.59. The maximum absolute atomic E-state index is 5.30. The molecule has 1 atom stereocenters. The second-order valence-corrected chi connectivity index (χ2v) is 3.12. The molecule has 7 heavy (non-hydrogen) atoms. The van der Waals surface area contributed by atoms with E-state index in [1.165, 1.54) is 0 Å². The van der Waals surface area contributed by atoms with Gasteiger partial charge in [-0.3, -0.25) is 0 Å². The summed E-state index contributed by atoms with van der Waals surface area (Å²) in [6.45, 7) is 4.34. The van der Waals surface area contributed by atoms with Crippen LogP contribution in [0, 0.1) is 0 Å². The van der Waals surface area contributed by atoms with E-state index in [0.29, 0.717) is 3.92 Å². The molecule has 0 unspecified atom stereocenters. The lowest BCUT2D eigenvalue weighted by Gasteiger charge is -1.98. The van der Waals surface area contributed by atoms with Crippen molar-refractivity contribution in [1.82, 2.24) is 0 Å². The fourth-order valence-electron chi connectivity index (χ4n) is 0.277. The summed E-state index contributed by atoms with van der Waals surface area (Å²) in [6.07, 6.45) is 2.92. The van der Waals surface area contributed by atoms with Crippen LogP contribution in [0.3, 0.4) is 0 Å². The normalized spacial score (nSPS) is 13.4. The molecule has 42 valence electrons. The summed E-state index contributed by atoms with van der Waals surface area (Å²) in [5.41, 5.74) is 5.30. The third-order valence-electron chi connectivity index (χ3n) is 0.678. The van der Waals surface area contributed by atoms with Crippen molar-refractivity contribution in [3.8, 4) is 0 Å². The zero-order valence-corrected chi connectivity index (χ0v) is 6.39. The van der Waals surface area contributed by atoms with Crippen molar-refractivity contribution in [1.29, 1.82) is 0 Å². The molecule has 0 amide bonds. The Labute approximate surface area is 58.1 Å². The van der Waals surface area contributed by atoms with Gasteiger partial charge in [0.2, 0.25) is 0 Å². The summed E-state index contributed by atoms with van der Waals surface area (Å²) < 4.78 is 0.579. The predicted octanol–water partition coefficient (Wildman–Crippen LogP) is 1.32. The topological polar surface area (TPSA) is 26.0 Å². The van der Waals surface area contributed by atoms with Crippen LogP contribution in [-0.2, 0) is 0 Å². The van der Waals surface area contributed by atoms with Crippen molar-refractivity contribution in [2.45, 2.75) is 10.3 Å². The molecule has 2 heteroatoms. The maximum Gasteiger partial charge on any atom is 0.0267 e. The van der Waals surface area contributed by atoms with Crippen LogP contribution in [0.25, 0.3) is 0 Å². The molecular weight excluding hydrogens is 201 g/mol. The zero-order chi connectivity index (χ0) is 5.70. The highest BCUT2D eigenvalue weighted by atomic mass is 127. The van der Waals surface area contributed by atoms with E-state index in [9.17, 15) is 0 Å². The summed E-state index contributed by atoms with van der Waals surface area (Å²) in [7, 11) is 0. The Morgan fingerprint density at radius 3 is 2.57 bits per heavy atom. The highest BCUT2D eigenvalue weighted by Crippen LogP contribution is 2.02. The number of allylic oxidation sites excluding steroid dienone is 1. The van der Waals surface area contributed by atoms with E-state index >= 15 is 0 Å². The third-order valence-corrected chi connectivity index (χ3v) is 1.70. The summed E-state index contributed by atoms with van der Waals surface area (Å²) in [6, 6.07) is 0. The Hall–Kier alpha value is 0.430. The maximum atomic E-state index is 5.30. The Bertz CT molecular complexity index is 54.0. The minimum atomic E-state index is 0.579. The Balaban J connectivity index is 2.98. The van der Waals surface area contributed by atoms with Gasteiger partial charge in [0.15, 0.2) is 0 Å². The highest BCUT2D eigenvalue weighted by Gasteiger charge is 1.93. The molecular formula is C5H10IN. The largest absolute Gasteiger partial charge is 0.329 e. The van der Waals surface area contributed by atoms with Crippen LogP contribution in [0.15, 0.2) is 12.7 Å². The Morgan fingerprint density at radius 1 is 1.86 bits per heavy atom. The molecule has 0 aromatic rings. The van der Waals surface area contributed by atoms with Gasteiger partial charge >= 0.3 is 0 Å². The van der Waals surface area contributed by atoms with E-state index in [1.807, 2.05) is 6.08 Å². The van der Waals surface area contributed by atoms with Gasteiger partial charge in [-0.15, -0.1) is 6.58 Å². The minimum absolute atomic E-state index is 0.579. The zero-order valence-electron chi connectivity index (χ0n) is 4.23. The molecule has 0 aliphatic carbocycles. The summed E-state index contributed by atoms with van der Waals surface area (Å²) in [4.78, 5) is 0. The number of alkyl halides is 1. The second-order valence-electron chi connectivity index (χ2n) is 1.36. The van der Waals surface area contributed by atoms with Gasteiger partial charge in [0.1, 0.15) is 0 Å². The van der Waals surface area contributed by atoms with Crippen LogP contribution >= 0.6 is 22.6 Å². The van der Waals surface area contributed by atoms with E-state index in [-0.39, 0.29) is 0 Å². The van der Waals surface area contributed by atoms with Crippen molar-refractivity contribution in [2.24, 2.45) is 5.73 Å². The molecule has 0 saturated heterocycles. The predicted molar refractivity (Wildman–Crippen MR) is 41.7 cm³/mol. The first-order valence-electron chi connectivity index (χ1n) is 2.26. The van der Waals surface area contributed by atoms with Crippen LogP contribution in [0.4, 0.5) is 0 Å². The molecule has 0 bridgehead atoms. The van der Waals surface area contributed by atoms with E-state index < -0.39 is 0 Å². The molecule has 0 aliphatic rings. The fraction of sp³-hybridized carbons (Fsp3) is 0.600. The third kappa shape index (κ3) is 4.28. The molecule has 0 rings (SSSR count). The smallest absolute Gasteiger partial charge is 0.0267 e. The first kappa shape index (κ1) is 7.43. The molecule has 0 radical (unpaired) electrons. The van der Waals surface area contributed by atoms with Crippen molar-refractivity contribution >= 4 is 22.6 Å².